The molecule has 1 N–H and O–H groups in total. The molecule has 0 aliphatic rings. The fourth-order valence-electron chi connectivity index (χ4n) is 2.22. The van der Waals surface area contributed by atoms with Crippen LogP contribution in [0.2, 0.25) is 5.02 Å². The average Bonchev–Trinajstić information content (AvgIpc) is 2.80. The lowest BCUT2D eigenvalue weighted by molar-refractivity contribution is 0.689. The predicted octanol–water partition coefficient (Wildman–Crippen LogP) is 3.76. The molecule has 0 aliphatic carbocycles. The summed E-state index contributed by atoms with van der Waals surface area (Å²) < 4.78 is 1.99. The third-order valence-corrected chi connectivity index (χ3v) is 3.29. The van der Waals surface area contributed by atoms with Crippen LogP contribution in [-0.4, -0.2) is 16.3 Å². The number of aromatic nitrogens is 2. The van der Waals surface area contributed by atoms with Gasteiger partial charge in [0.05, 0.1) is 17.6 Å². The normalized spacial score (nSPS) is 11.2. The Morgan fingerprint density at radius 2 is 2.16 bits per heavy atom. The molecule has 1 aromatic carbocycles. The molecular formula is C15H20ClN3. The van der Waals surface area contributed by atoms with Crippen molar-refractivity contribution < 1.29 is 0 Å². The van der Waals surface area contributed by atoms with Crippen molar-refractivity contribution in [3.05, 3.63) is 46.7 Å². The van der Waals surface area contributed by atoms with Gasteiger partial charge in [0.15, 0.2) is 0 Å². The summed E-state index contributed by atoms with van der Waals surface area (Å²) in [5, 5.41) is 8.61. The predicted molar refractivity (Wildman–Crippen MR) is 80.0 cm³/mol. The van der Waals surface area contributed by atoms with Crippen LogP contribution in [0, 0.1) is 0 Å². The van der Waals surface area contributed by atoms with Gasteiger partial charge in [0.25, 0.3) is 0 Å². The second-order valence-corrected chi connectivity index (χ2v) is 5.32. The maximum atomic E-state index is 6.06. The molecule has 0 radical (unpaired) electrons. The lowest BCUT2D eigenvalue weighted by atomic mass is 10.1. The smallest absolute Gasteiger partial charge is 0.0663 e. The molecule has 1 aromatic heterocycles. The number of benzene rings is 1. The van der Waals surface area contributed by atoms with E-state index in [0.717, 1.165) is 23.8 Å². The molecule has 2 rings (SSSR count). The summed E-state index contributed by atoms with van der Waals surface area (Å²) in [6, 6.07) is 7.80. The largest absolute Gasteiger partial charge is 0.313 e. The lowest BCUT2D eigenvalue weighted by Crippen LogP contribution is -2.14. The highest BCUT2D eigenvalue weighted by Crippen LogP contribution is 2.24. The van der Waals surface area contributed by atoms with E-state index in [1.807, 2.05) is 35.1 Å². The first-order valence-corrected chi connectivity index (χ1v) is 7.04. The van der Waals surface area contributed by atoms with Gasteiger partial charge in [-0.2, -0.15) is 5.10 Å². The van der Waals surface area contributed by atoms with E-state index in [1.165, 1.54) is 11.3 Å². The van der Waals surface area contributed by atoms with Crippen LogP contribution < -0.4 is 5.32 Å². The van der Waals surface area contributed by atoms with Gasteiger partial charge >= 0.3 is 0 Å². The Morgan fingerprint density at radius 1 is 1.37 bits per heavy atom. The van der Waals surface area contributed by atoms with E-state index in [4.69, 9.17) is 11.6 Å². The Hall–Kier alpha value is -1.32. The SMILES string of the molecule is CCNCc1cnn(-c2cccc(Cl)c2)c1C(C)C. The van der Waals surface area contributed by atoms with E-state index >= 15 is 0 Å². The molecule has 0 unspecified atom stereocenters. The Kier molecular flexibility index (Phi) is 4.61. The van der Waals surface area contributed by atoms with E-state index < -0.39 is 0 Å². The maximum Gasteiger partial charge on any atom is 0.0663 e. The van der Waals surface area contributed by atoms with Crippen LogP contribution in [0.3, 0.4) is 0 Å². The van der Waals surface area contributed by atoms with Gasteiger partial charge in [-0.25, -0.2) is 4.68 Å². The number of hydrogen-bond donors (Lipinski definition) is 1. The second-order valence-electron chi connectivity index (χ2n) is 4.88. The minimum atomic E-state index is 0.412. The maximum absolute atomic E-state index is 6.06. The molecule has 1 heterocycles. The van der Waals surface area contributed by atoms with Crippen LogP contribution in [-0.2, 0) is 6.54 Å². The molecule has 4 heteroatoms. The van der Waals surface area contributed by atoms with Crippen molar-refractivity contribution in [2.24, 2.45) is 0 Å². The van der Waals surface area contributed by atoms with Gasteiger partial charge in [-0.1, -0.05) is 38.4 Å². The molecule has 19 heavy (non-hydrogen) atoms. The zero-order valence-electron chi connectivity index (χ0n) is 11.7. The van der Waals surface area contributed by atoms with Crippen LogP contribution in [0.15, 0.2) is 30.5 Å². The highest BCUT2D eigenvalue weighted by molar-refractivity contribution is 6.30. The molecule has 102 valence electrons. The van der Waals surface area contributed by atoms with Gasteiger partial charge in [-0.15, -0.1) is 0 Å². The molecule has 0 atom stereocenters. The number of halogens is 1. The zero-order chi connectivity index (χ0) is 13.8. The van der Waals surface area contributed by atoms with Crippen molar-refractivity contribution in [1.82, 2.24) is 15.1 Å². The first-order chi connectivity index (χ1) is 9.13. The first-order valence-electron chi connectivity index (χ1n) is 6.67. The third-order valence-electron chi connectivity index (χ3n) is 3.05. The summed E-state index contributed by atoms with van der Waals surface area (Å²) in [6.07, 6.45) is 1.94. The van der Waals surface area contributed by atoms with Crippen molar-refractivity contribution in [3.63, 3.8) is 0 Å². The molecule has 0 aliphatic heterocycles. The summed E-state index contributed by atoms with van der Waals surface area (Å²) >= 11 is 6.06. The van der Waals surface area contributed by atoms with Gasteiger partial charge < -0.3 is 5.32 Å². The molecule has 0 bridgehead atoms. The van der Waals surface area contributed by atoms with Crippen LogP contribution in [0.4, 0.5) is 0 Å². The molecular weight excluding hydrogens is 258 g/mol. The first kappa shape index (κ1) is 14.1. The average molecular weight is 278 g/mol. The van der Waals surface area contributed by atoms with Gasteiger partial charge in [-0.3, -0.25) is 0 Å². The standard InChI is InChI=1S/C15H20ClN3/c1-4-17-9-12-10-18-19(15(12)11(2)3)14-7-5-6-13(16)8-14/h5-8,10-11,17H,4,9H2,1-3H3. The zero-order valence-corrected chi connectivity index (χ0v) is 12.4. The van der Waals surface area contributed by atoms with Crippen LogP contribution in [0.25, 0.3) is 5.69 Å². The van der Waals surface area contributed by atoms with E-state index in [2.05, 4.69) is 31.2 Å². The van der Waals surface area contributed by atoms with Gasteiger partial charge in [-0.05, 0) is 30.7 Å². The highest BCUT2D eigenvalue weighted by atomic mass is 35.5. The van der Waals surface area contributed by atoms with Crippen molar-refractivity contribution >= 4 is 11.6 Å². The lowest BCUT2D eigenvalue weighted by Gasteiger charge is -2.13. The monoisotopic (exact) mass is 277 g/mol. The topological polar surface area (TPSA) is 29.9 Å². The van der Waals surface area contributed by atoms with E-state index in [9.17, 15) is 0 Å². The molecule has 0 fully saturated rings. The van der Waals surface area contributed by atoms with Crippen LogP contribution in [0.5, 0.6) is 0 Å². The Labute approximate surface area is 119 Å². The number of hydrogen-bond acceptors (Lipinski definition) is 2. The van der Waals surface area contributed by atoms with Gasteiger partial charge in [0.2, 0.25) is 0 Å². The molecule has 0 amide bonds. The summed E-state index contributed by atoms with van der Waals surface area (Å²) in [5.41, 5.74) is 3.50. The third kappa shape index (κ3) is 3.17. The summed E-state index contributed by atoms with van der Waals surface area (Å²) in [4.78, 5) is 0. The van der Waals surface area contributed by atoms with Crippen molar-refractivity contribution in [1.29, 1.82) is 0 Å². The summed E-state index contributed by atoms with van der Waals surface area (Å²) in [6.45, 7) is 8.29. The number of nitrogens with zero attached hydrogens (tertiary/aromatic N) is 2. The molecule has 3 nitrogen and oxygen atoms in total. The Morgan fingerprint density at radius 3 is 2.79 bits per heavy atom. The Balaban J connectivity index is 2.43. The van der Waals surface area contributed by atoms with Gasteiger partial charge in [0, 0.05) is 17.1 Å². The highest BCUT2D eigenvalue weighted by Gasteiger charge is 2.15. The summed E-state index contributed by atoms with van der Waals surface area (Å²) in [7, 11) is 0. The second kappa shape index (κ2) is 6.22. The number of rotatable bonds is 5. The number of nitrogens with one attached hydrogen (secondary N) is 1. The van der Waals surface area contributed by atoms with Crippen molar-refractivity contribution in [2.45, 2.75) is 33.2 Å². The van der Waals surface area contributed by atoms with Crippen LogP contribution >= 0.6 is 11.6 Å². The van der Waals surface area contributed by atoms with E-state index in [0.29, 0.717) is 5.92 Å². The van der Waals surface area contributed by atoms with Gasteiger partial charge in [0.1, 0.15) is 0 Å². The van der Waals surface area contributed by atoms with Crippen LogP contribution in [0.1, 0.15) is 37.9 Å². The molecule has 2 aromatic rings. The fourth-order valence-corrected chi connectivity index (χ4v) is 2.40. The summed E-state index contributed by atoms with van der Waals surface area (Å²) in [5.74, 6) is 0.412. The molecule has 0 spiro atoms. The van der Waals surface area contributed by atoms with E-state index in [-0.39, 0.29) is 0 Å². The minimum Gasteiger partial charge on any atom is -0.313 e. The molecule has 0 saturated heterocycles. The minimum absolute atomic E-state index is 0.412. The quantitative estimate of drug-likeness (QED) is 0.902. The fraction of sp³-hybridized carbons (Fsp3) is 0.400. The van der Waals surface area contributed by atoms with E-state index in [1.54, 1.807) is 0 Å². The van der Waals surface area contributed by atoms with Crippen molar-refractivity contribution in [2.75, 3.05) is 6.54 Å². The Bertz CT molecular complexity index is 546. The molecule has 0 saturated carbocycles. The van der Waals surface area contributed by atoms with Crippen molar-refractivity contribution in [3.8, 4) is 5.69 Å².